The first-order valence-electron chi connectivity index (χ1n) is 4.12. The summed E-state index contributed by atoms with van der Waals surface area (Å²) in [6, 6.07) is 4.97. The van der Waals surface area contributed by atoms with Crippen molar-refractivity contribution < 1.29 is 14.6 Å². The number of carbonyl (C=O) groups is 1. The van der Waals surface area contributed by atoms with Crippen molar-refractivity contribution >= 4 is 17.6 Å². The monoisotopic (exact) mass is 214 g/mol. The fourth-order valence-electron chi connectivity index (χ4n) is 1.09. The lowest BCUT2D eigenvalue weighted by Gasteiger charge is -2.09. The highest BCUT2D eigenvalue weighted by Gasteiger charge is 2.14. The Morgan fingerprint density at radius 2 is 2.21 bits per heavy atom. The molecular weight excluding hydrogens is 204 g/mol. The van der Waals surface area contributed by atoms with Gasteiger partial charge in [-0.05, 0) is 24.6 Å². The van der Waals surface area contributed by atoms with Gasteiger partial charge in [0.15, 0.2) is 0 Å². The van der Waals surface area contributed by atoms with E-state index in [2.05, 4.69) is 0 Å². The number of aliphatic carboxylic acids is 1. The molecule has 0 aliphatic rings. The first kappa shape index (κ1) is 10.9. The van der Waals surface area contributed by atoms with Gasteiger partial charge >= 0.3 is 5.97 Å². The molecule has 0 amide bonds. The van der Waals surface area contributed by atoms with Gasteiger partial charge in [0, 0.05) is 0 Å². The Bertz CT molecular complexity index is 349. The molecule has 1 N–H and O–H groups in total. The summed E-state index contributed by atoms with van der Waals surface area (Å²) in [5.41, 5.74) is 0.670. The molecule has 0 fully saturated rings. The summed E-state index contributed by atoms with van der Waals surface area (Å²) >= 11 is 5.86. The van der Waals surface area contributed by atoms with Crippen LogP contribution in [-0.2, 0) is 4.79 Å². The standard InChI is InChI=1S/C10H11ClO3/c1-6(10(12)13)7-3-4-9(14-2)8(11)5-7/h3-6H,1-2H3,(H,12,13)/t6-/m1/s1. The van der Waals surface area contributed by atoms with Crippen molar-refractivity contribution in [2.24, 2.45) is 0 Å². The van der Waals surface area contributed by atoms with Crippen LogP contribution in [0.15, 0.2) is 18.2 Å². The second kappa shape index (κ2) is 4.33. The fraction of sp³-hybridized carbons (Fsp3) is 0.300. The predicted molar refractivity (Wildman–Crippen MR) is 54.1 cm³/mol. The van der Waals surface area contributed by atoms with Gasteiger partial charge in [0.05, 0.1) is 18.1 Å². The smallest absolute Gasteiger partial charge is 0.310 e. The Labute approximate surface area is 87.3 Å². The number of rotatable bonds is 3. The maximum Gasteiger partial charge on any atom is 0.310 e. The maximum absolute atomic E-state index is 10.7. The van der Waals surface area contributed by atoms with Gasteiger partial charge in [-0.15, -0.1) is 0 Å². The summed E-state index contributed by atoms with van der Waals surface area (Å²) in [5, 5.41) is 9.21. The summed E-state index contributed by atoms with van der Waals surface area (Å²) in [7, 11) is 1.52. The third kappa shape index (κ3) is 2.17. The number of hydrogen-bond donors (Lipinski definition) is 1. The van der Waals surface area contributed by atoms with Gasteiger partial charge in [0.1, 0.15) is 5.75 Å². The van der Waals surface area contributed by atoms with Gasteiger partial charge in [-0.2, -0.15) is 0 Å². The molecule has 0 bridgehead atoms. The number of halogens is 1. The molecule has 0 saturated heterocycles. The van der Waals surface area contributed by atoms with Crippen molar-refractivity contribution in [2.45, 2.75) is 12.8 Å². The summed E-state index contributed by atoms with van der Waals surface area (Å²) in [4.78, 5) is 10.7. The van der Waals surface area contributed by atoms with Crippen LogP contribution in [0.3, 0.4) is 0 Å². The van der Waals surface area contributed by atoms with Crippen LogP contribution in [0.1, 0.15) is 18.4 Å². The van der Waals surface area contributed by atoms with Crippen molar-refractivity contribution in [3.05, 3.63) is 28.8 Å². The number of carboxylic acid groups (broad SMARTS) is 1. The third-order valence-corrected chi connectivity index (χ3v) is 2.34. The molecular formula is C10H11ClO3. The first-order chi connectivity index (χ1) is 6.56. The average Bonchev–Trinajstić information content (AvgIpc) is 2.16. The minimum Gasteiger partial charge on any atom is -0.495 e. The van der Waals surface area contributed by atoms with E-state index < -0.39 is 11.9 Å². The van der Waals surface area contributed by atoms with E-state index in [9.17, 15) is 4.79 Å². The molecule has 1 aromatic carbocycles. The Hall–Kier alpha value is -1.22. The zero-order chi connectivity index (χ0) is 10.7. The van der Waals surface area contributed by atoms with Crippen LogP contribution in [0.25, 0.3) is 0 Å². The van der Waals surface area contributed by atoms with Gasteiger partial charge in [-0.1, -0.05) is 17.7 Å². The van der Waals surface area contributed by atoms with Gasteiger partial charge < -0.3 is 9.84 Å². The van der Waals surface area contributed by atoms with E-state index >= 15 is 0 Å². The van der Waals surface area contributed by atoms with E-state index in [0.29, 0.717) is 16.3 Å². The molecule has 0 aromatic heterocycles. The molecule has 3 nitrogen and oxygen atoms in total. The van der Waals surface area contributed by atoms with Crippen LogP contribution in [0.2, 0.25) is 5.02 Å². The van der Waals surface area contributed by atoms with Crippen LogP contribution >= 0.6 is 11.6 Å². The SMILES string of the molecule is COc1ccc([C@@H](C)C(=O)O)cc1Cl. The molecule has 14 heavy (non-hydrogen) atoms. The number of methoxy groups -OCH3 is 1. The molecule has 1 atom stereocenters. The van der Waals surface area contributed by atoms with E-state index in [1.54, 1.807) is 25.1 Å². The van der Waals surface area contributed by atoms with Crippen molar-refractivity contribution in [1.29, 1.82) is 0 Å². The summed E-state index contributed by atoms with van der Waals surface area (Å²) in [6.07, 6.45) is 0. The molecule has 0 aliphatic carbocycles. The summed E-state index contributed by atoms with van der Waals surface area (Å²) in [6.45, 7) is 1.61. The van der Waals surface area contributed by atoms with Crippen molar-refractivity contribution in [2.75, 3.05) is 7.11 Å². The van der Waals surface area contributed by atoms with Gasteiger partial charge in [0.25, 0.3) is 0 Å². The van der Waals surface area contributed by atoms with Crippen LogP contribution in [0.4, 0.5) is 0 Å². The van der Waals surface area contributed by atoms with Crippen LogP contribution in [-0.4, -0.2) is 18.2 Å². The molecule has 0 unspecified atom stereocenters. The van der Waals surface area contributed by atoms with Gasteiger partial charge in [-0.3, -0.25) is 4.79 Å². The molecule has 0 saturated carbocycles. The second-order valence-electron chi connectivity index (χ2n) is 2.95. The number of ether oxygens (including phenoxy) is 1. The van der Waals surface area contributed by atoms with Gasteiger partial charge in [0.2, 0.25) is 0 Å². The quantitative estimate of drug-likeness (QED) is 0.841. The lowest BCUT2D eigenvalue weighted by molar-refractivity contribution is -0.138. The number of carboxylic acids is 1. The molecule has 4 heteroatoms. The van der Waals surface area contributed by atoms with Gasteiger partial charge in [-0.25, -0.2) is 0 Å². The molecule has 1 aromatic rings. The highest BCUT2D eigenvalue weighted by Crippen LogP contribution is 2.28. The Morgan fingerprint density at radius 3 is 2.64 bits per heavy atom. The van der Waals surface area contributed by atoms with Crippen molar-refractivity contribution in [1.82, 2.24) is 0 Å². The molecule has 0 heterocycles. The highest BCUT2D eigenvalue weighted by atomic mass is 35.5. The van der Waals surface area contributed by atoms with Crippen LogP contribution in [0, 0.1) is 0 Å². The van der Waals surface area contributed by atoms with E-state index in [-0.39, 0.29) is 0 Å². The van der Waals surface area contributed by atoms with Crippen LogP contribution in [0.5, 0.6) is 5.75 Å². The minimum absolute atomic E-state index is 0.429. The third-order valence-electron chi connectivity index (χ3n) is 2.05. The molecule has 0 aliphatic heterocycles. The fourth-order valence-corrected chi connectivity index (χ4v) is 1.36. The zero-order valence-electron chi connectivity index (χ0n) is 7.95. The summed E-state index contributed by atoms with van der Waals surface area (Å²) < 4.78 is 4.96. The zero-order valence-corrected chi connectivity index (χ0v) is 8.71. The Kier molecular flexibility index (Phi) is 3.36. The second-order valence-corrected chi connectivity index (χ2v) is 3.36. The average molecular weight is 215 g/mol. The molecule has 76 valence electrons. The number of benzene rings is 1. The largest absolute Gasteiger partial charge is 0.495 e. The lowest BCUT2D eigenvalue weighted by atomic mass is 10.0. The number of hydrogen-bond acceptors (Lipinski definition) is 2. The van der Waals surface area contributed by atoms with E-state index in [1.165, 1.54) is 7.11 Å². The van der Waals surface area contributed by atoms with Crippen LogP contribution < -0.4 is 4.74 Å². The summed E-state index contributed by atoms with van der Waals surface area (Å²) in [5.74, 6) is -0.877. The molecule has 1 rings (SSSR count). The van der Waals surface area contributed by atoms with E-state index in [0.717, 1.165) is 0 Å². The highest BCUT2D eigenvalue weighted by molar-refractivity contribution is 6.32. The molecule has 0 radical (unpaired) electrons. The maximum atomic E-state index is 10.7. The molecule has 0 spiro atoms. The van der Waals surface area contributed by atoms with E-state index in [4.69, 9.17) is 21.4 Å². The van der Waals surface area contributed by atoms with E-state index in [1.807, 2.05) is 0 Å². The normalized spacial score (nSPS) is 12.2. The van der Waals surface area contributed by atoms with Crippen molar-refractivity contribution in [3.63, 3.8) is 0 Å². The predicted octanol–water partition coefficient (Wildman–Crippen LogP) is 2.54. The Morgan fingerprint density at radius 1 is 1.57 bits per heavy atom. The first-order valence-corrected chi connectivity index (χ1v) is 4.50. The van der Waals surface area contributed by atoms with Crippen molar-refractivity contribution in [3.8, 4) is 5.75 Å². The Balaban J connectivity index is 3.02. The minimum atomic E-state index is -0.869. The topological polar surface area (TPSA) is 46.5 Å². The lowest BCUT2D eigenvalue weighted by Crippen LogP contribution is -2.07.